The normalized spacial score (nSPS) is 21.3. The Morgan fingerprint density at radius 3 is 2.78 bits per heavy atom. The van der Waals surface area contributed by atoms with Gasteiger partial charge in [-0.15, -0.1) is 11.3 Å². The molecule has 0 spiro atoms. The van der Waals surface area contributed by atoms with Crippen molar-refractivity contribution in [3.63, 3.8) is 0 Å². The summed E-state index contributed by atoms with van der Waals surface area (Å²) < 4.78 is 26.3. The van der Waals surface area contributed by atoms with E-state index >= 15 is 0 Å². The molecular formula is C11H16N2O3S2. The van der Waals surface area contributed by atoms with Gasteiger partial charge in [0.15, 0.2) is 0 Å². The molecule has 0 aromatic carbocycles. The number of hydrogen-bond donors (Lipinski definition) is 1. The Morgan fingerprint density at radius 2 is 2.17 bits per heavy atom. The van der Waals surface area contributed by atoms with Crippen molar-refractivity contribution in [1.82, 2.24) is 9.62 Å². The minimum absolute atomic E-state index is 0.107. The molecule has 1 aliphatic heterocycles. The zero-order valence-corrected chi connectivity index (χ0v) is 12.0. The van der Waals surface area contributed by atoms with Gasteiger partial charge in [0, 0.05) is 13.1 Å². The second-order valence-corrected chi connectivity index (χ2v) is 8.26. The van der Waals surface area contributed by atoms with E-state index in [2.05, 4.69) is 5.32 Å². The standard InChI is InChI=1S/C11H16N2O3S2/c1-11(2)7-12-9(14)6-13(8-11)18(15,16)10-4-3-5-17-10/h3-5H,6-8H2,1-2H3,(H,12,14). The number of carbonyl (C=O) groups is 1. The predicted molar refractivity (Wildman–Crippen MR) is 69.9 cm³/mol. The molecule has 0 radical (unpaired) electrons. The van der Waals surface area contributed by atoms with Crippen molar-refractivity contribution in [2.45, 2.75) is 18.1 Å². The minimum atomic E-state index is -3.55. The molecule has 1 fully saturated rings. The van der Waals surface area contributed by atoms with Gasteiger partial charge < -0.3 is 5.32 Å². The van der Waals surface area contributed by atoms with Gasteiger partial charge in [0.25, 0.3) is 10.0 Å². The summed E-state index contributed by atoms with van der Waals surface area (Å²) in [6, 6.07) is 3.26. The molecule has 0 bridgehead atoms. The number of sulfonamides is 1. The van der Waals surface area contributed by atoms with E-state index in [-0.39, 0.29) is 22.1 Å². The van der Waals surface area contributed by atoms with Crippen LogP contribution in [0.5, 0.6) is 0 Å². The maximum Gasteiger partial charge on any atom is 0.253 e. The number of thiophene rings is 1. The molecule has 0 unspecified atom stereocenters. The van der Waals surface area contributed by atoms with Gasteiger partial charge in [0.1, 0.15) is 4.21 Å². The fourth-order valence-electron chi connectivity index (χ4n) is 1.85. The fraction of sp³-hybridized carbons (Fsp3) is 0.545. The highest BCUT2D eigenvalue weighted by atomic mass is 32.2. The fourth-order valence-corrected chi connectivity index (χ4v) is 4.58. The van der Waals surface area contributed by atoms with Crippen molar-refractivity contribution in [3.8, 4) is 0 Å². The van der Waals surface area contributed by atoms with E-state index in [0.717, 1.165) is 0 Å². The monoisotopic (exact) mass is 288 g/mol. The Bertz CT molecular complexity index is 535. The third-order valence-electron chi connectivity index (χ3n) is 2.78. The number of nitrogens with zero attached hydrogens (tertiary/aromatic N) is 1. The van der Waals surface area contributed by atoms with Crippen molar-refractivity contribution in [2.24, 2.45) is 5.41 Å². The Balaban J connectivity index is 2.34. The predicted octanol–water partition coefficient (Wildman–Crippen LogP) is 0.895. The molecule has 1 amide bonds. The Kier molecular flexibility index (Phi) is 3.48. The van der Waals surface area contributed by atoms with Gasteiger partial charge in [0.2, 0.25) is 5.91 Å². The summed E-state index contributed by atoms with van der Waals surface area (Å²) in [4.78, 5) is 11.6. The number of amides is 1. The molecule has 0 saturated carbocycles. The molecule has 2 rings (SSSR count). The second kappa shape index (κ2) is 4.64. The second-order valence-electron chi connectivity index (χ2n) is 5.15. The summed E-state index contributed by atoms with van der Waals surface area (Å²) in [6.07, 6.45) is 0. The molecule has 1 aromatic heterocycles. The Labute approximate surface area is 111 Å². The van der Waals surface area contributed by atoms with Crippen LogP contribution in [0.4, 0.5) is 0 Å². The molecule has 1 aromatic rings. The van der Waals surface area contributed by atoms with Gasteiger partial charge in [-0.3, -0.25) is 4.79 Å². The van der Waals surface area contributed by atoms with Crippen molar-refractivity contribution >= 4 is 27.3 Å². The van der Waals surface area contributed by atoms with Crippen LogP contribution in [0.1, 0.15) is 13.8 Å². The molecule has 1 saturated heterocycles. The lowest BCUT2D eigenvalue weighted by atomic mass is 9.94. The maximum absolute atomic E-state index is 12.4. The number of rotatable bonds is 2. The van der Waals surface area contributed by atoms with Crippen molar-refractivity contribution in [1.29, 1.82) is 0 Å². The first kappa shape index (κ1) is 13.5. The van der Waals surface area contributed by atoms with Crippen LogP contribution >= 0.6 is 11.3 Å². The molecule has 1 N–H and O–H groups in total. The molecule has 0 aliphatic carbocycles. The number of hydrogen-bond acceptors (Lipinski definition) is 4. The van der Waals surface area contributed by atoms with Crippen LogP contribution < -0.4 is 5.32 Å². The van der Waals surface area contributed by atoms with E-state index in [0.29, 0.717) is 13.1 Å². The summed E-state index contributed by atoms with van der Waals surface area (Å²) in [5.74, 6) is -0.249. The van der Waals surface area contributed by atoms with Crippen molar-refractivity contribution in [3.05, 3.63) is 17.5 Å². The number of nitrogens with one attached hydrogen (secondary N) is 1. The topological polar surface area (TPSA) is 66.5 Å². The average Bonchev–Trinajstić information content (AvgIpc) is 2.75. The van der Waals surface area contributed by atoms with Crippen LogP contribution in [0.2, 0.25) is 0 Å². The largest absolute Gasteiger partial charge is 0.354 e. The first-order valence-electron chi connectivity index (χ1n) is 5.62. The van der Waals surface area contributed by atoms with Gasteiger partial charge in [-0.25, -0.2) is 8.42 Å². The van der Waals surface area contributed by atoms with Crippen LogP contribution in [-0.2, 0) is 14.8 Å². The van der Waals surface area contributed by atoms with Gasteiger partial charge in [-0.05, 0) is 16.9 Å². The SMILES string of the molecule is CC1(C)CNC(=O)CN(S(=O)(=O)c2cccs2)C1. The van der Waals surface area contributed by atoms with Crippen molar-refractivity contribution < 1.29 is 13.2 Å². The smallest absolute Gasteiger partial charge is 0.253 e. The third-order valence-corrected chi connectivity index (χ3v) is 5.94. The van der Waals surface area contributed by atoms with E-state index in [9.17, 15) is 13.2 Å². The summed E-state index contributed by atoms with van der Waals surface area (Å²) >= 11 is 1.17. The molecule has 1 aliphatic rings. The van der Waals surface area contributed by atoms with Crippen LogP contribution in [-0.4, -0.2) is 38.3 Å². The highest BCUT2D eigenvalue weighted by molar-refractivity contribution is 7.91. The molecule has 100 valence electrons. The van der Waals surface area contributed by atoms with Gasteiger partial charge in [-0.2, -0.15) is 4.31 Å². The first-order chi connectivity index (χ1) is 8.31. The van der Waals surface area contributed by atoms with E-state index in [1.165, 1.54) is 15.6 Å². The molecule has 0 atom stereocenters. The van der Waals surface area contributed by atoms with E-state index in [1.807, 2.05) is 13.8 Å². The van der Waals surface area contributed by atoms with Crippen LogP contribution in [0.15, 0.2) is 21.7 Å². The summed E-state index contributed by atoms with van der Waals surface area (Å²) in [6.45, 7) is 4.60. The Hall–Kier alpha value is -0.920. The Morgan fingerprint density at radius 1 is 1.44 bits per heavy atom. The molecule has 2 heterocycles. The molecular weight excluding hydrogens is 272 g/mol. The summed E-state index contributed by atoms with van der Waals surface area (Å²) in [5.41, 5.74) is -0.267. The van der Waals surface area contributed by atoms with E-state index in [4.69, 9.17) is 0 Å². The zero-order chi connectivity index (χ0) is 13.4. The summed E-state index contributed by atoms with van der Waals surface area (Å²) in [5, 5.41) is 4.46. The molecule has 5 nitrogen and oxygen atoms in total. The highest BCUT2D eigenvalue weighted by Crippen LogP contribution is 2.26. The van der Waals surface area contributed by atoms with Gasteiger partial charge in [-0.1, -0.05) is 19.9 Å². The van der Waals surface area contributed by atoms with Crippen LogP contribution in [0.3, 0.4) is 0 Å². The highest BCUT2D eigenvalue weighted by Gasteiger charge is 2.35. The van der Waals surface area contributed by atoms with E-state index < -0.39 is 10.0 Å². The minimum Gasteiger partial charge on any atom is -0.354 e. The van der Waals surface area contributed by atoms with Gasteiger partial charge >= 0.3 is 0 Å². The lowest BCUT2D eigenvalue weighted by Crippen LogP contribution is -2.39. The third kappa shape index (κ3) is 2.73. The van der Waals surface area contributed by atoms with Crippen LogP contribution in [0.25, 0.3) is 0 Å². The molecule has 7 heteroatoms. The van der Waals surface area contributed by atoms with Crippen molar-refractivity contribution in [2.75, 3.05) is 19.6 Å². The van der Waals surface area contributed by atoms with Gasteiger partial charge in [0.05, 0.1) is 6.54 Å². The number of carbonyl (C=O) groups excluding carboxylic acids is 1. The van der Waals surface area contributed by atoms with Crippen LogP contribution in [0, 0.1) is 5.41 Å². The zero-order valence-electron chi connectivity index (χ0n) is 10.3. The molecule has 18 heavy (non-hydrogen) atoms. The van der Waals surface area contributed by atoms with E-state index in [1.54, 1.807) is 17.5 Å². The average molecular weight is 288 g/mol. The maximum atomic E-state index is 12.4. The first-order valence-corrected chi connectivity index (χ1v) is 7.94. The lowest BCUT2D eigenvalue weighted by Gasteiger charge is -2.27. The lowest BCUT2D eigenvalue weighted by molar-refractivity contribution is -0.120. The quantitative estimate of drug-likeness (QED) is 0.879. The summed E-state index contributed by atoms with van der Waals surface area (Å²) in [7, 11) is -3.55.